The van der Waals surface area contributed by atoms with E-state index < -0.39 is 6.04 Å². The molecule has 0 bridgehead atoms. The molecule has 0 spiro atoms. The number of rotatable bonds is 4. The normalized spacial score (nSPS) is 19.4. The van der Waals surface area contributed by atoms with Crippen molar-refractivity contribution in [2.45, 2.75) is 31.8 Å². The molecule has 0 aliphatic carbocycles. The zero-order valence-corrected chi connectivity index (χ0v) is 11.5. The molecule has 2 unspecified atom stereocenters. The van der Waals surface area contributed by atoms with Crippen molar-refractivity contribution in [2.24, 2.45) is 5.73 Å². The number of aromatic nitrogens is 1. The van der Waals surface area contributed by atoms with Gasteiger partial charge in [-0.25, -0.2) is 4.98 Å². The smallest absolute Gasteiger partial charge is 0.237 e. The Bertz CT molecular complexity index is 525. The maximum atomic E-state index is 11.8. The lowest BCUT2D eigenvalue weighted by Gasteiger charge is -2.19. The lowest BCUT2D eigenvalue weighted by Crippen LogP contribution is -2.46. The first-order valence-corrected chi connectivity index (χ1v) is 6.81. The van der Waals surface area contributed by atoms with Gasteiger partial charge < -0.3 is 16.0 Å². The third kappa shape index (κ3) is 3.06. The van der Waals surface area contributed by atoms with Crippen molar-refractivity contribution in [1.29, 1.82) is 5.26 Å². The number of hydrogen-bond donors (Lipinski definition) is 2. The Morgan fingerprint density at radius 2 is 2.55 bits per heavy atom. The quantitative estimate of drug-likeness (QED) is 0.827. The number of carbonyl (C=O) groups excluding carboxylic acids is 1. The van der Waals surface area contributed by atoms with Crippen LogP contribution in [0, 0.1) is 11.3 Å². The van der Waals surface area contributed by atoms with Crippen molar-refractivity contribution in [1.82, 2.24) is 10.3 Å². The molecule has 106 valence electrons. The summed E-state index contributed by atoms with van der Waals surface area (Å²) >= 11 is 0. The van der Waals surface area contributed by atoms with E-state index in [1.54, 1.807) is 18.3 Å². The molecule has 1 saturated heterocycles. The molecule has 0 saturated carbocycles. The maximum Gasteiger partial charge on any atom is 0.237 e. The van der Waals surface area contributed by atoms with E-state index in [-0.39, 0.29) is 11.9 Å². The summed E-state index contributed by atoms with van der Waals surface area (Å²) in [6.07, 6.45) is 3.14. The summed E-state index contributed by atoms with van der Waals surface area (Å²) in [5, 5.41) is 12.0. The average Bonchev–Trinajstić information content (AvgIpc) is 2.94. The molecule has 20 heavy (non-hydrogen) atoms. The van der Waals surface area contributed by atoms with Crippen molar-refractivity contribution in [3.63, 3.8) is 0 Å². The number of nitrogens with zero attached hydrogens (tertiary/aromatic N) is 3. The van der Waals surface area contributed by atoms with Gasteiger partial charge in [0.1, 0.15) is 11.9 Å². The minimum absolute atomic E-state index is 0.0636. The molecule has 1 aromatic heterocycles. The minimum Gasteiger partial charge on any atom is -0.353 e. The fraction of sp³-hybridized carbons (Fsp3) is 0.500. The molecule has 6 heteroatoms. The molecule has 3 N–H and O–H groups in total. The van der Waals surface area contributed by atoms with Gasteiger partial charge in [-0.2, -0.15) is 5.26 Å². The van der Waals surface area contributed by atoms with Gasteiger partial charge in [0.15, 0.2) is 0 Å². The molecule has 2 rings (SSSR count). The number of hydrogen-bond acceptors (Lipinski definition) is 5. The molecule has 2 atom stereocenters. The van der Waals surface area contributed by atoms with Crippen LogP contribution in [-0.2, 0) is 4.79 Å². The van der Waals surface area contributed by atoms with Crippen LogP contribution in [0.15, 0.2) is 18.3 Å². The van der Waals surface area contributed by atoms with Crippen LogP contribution in [0.25, 0.3) is 0 Å². The van der Waals surface area contributed by atoms with Crippen LogP contribution in [0.3, 0.4) is 0 Å². The van der Waals surface area contributed by atoms with Gasteiger partial charge in [-0.1, -0.05) is 6.92 Å². The topological polar surface area (TPSA) is 95.0 Å². The summed E-state index contributed by atoms with van der Waals surface area (Å²) in [5.74, 6) is 0.576. The summed E-state index contributed by atoms with van der Waals surface area (Å²) in [5.41, 5.74) is 6.26. The van der Waals surface area contributed by atoms with Crippen molar-refractivity contribution < 1.29 is 4.79 Å². The monoisotopic (exact) mass is 273 g/mol. The lowest BCUT2D eigenvalue weighted by molar-refractivity contribution is -0.123. The SMILES string of the molecule is CCC(N)C(=O)NC1CCN(c2ncccc2C#N)C1. The van der Waals surface area contributed by atoms with E-state index in [1.165, 1.54) is 0 Å². The Balaban J connectivity index is 1.99. The second-order valence-corrected chi connectivity index (χ2v) is 4.94. The Hall–Kier alpha value is -2.13. The van der Waals surface area contributed by atoms with Gasteiger partial charge in [0, 0.05) is 25.3 Å². The number of amides is 1. The van der Waals surface area contributed by atoms with E-state index in [0.717, 1.165) is 13.0 Å². The molecular weight excluding hydrogens is 254 g/mol. The van der Waals surface area contributed by atoms with Gasteiger partial charge in [-0.3, -0.25) is 4.79 Å². The molecule has 1 amide bonds. The third-order valence-corrected chi connectivity index (χ3v) is 3.52. The highest BCUT2D eigenvalue weighted by Gasteiger charge is 2.27. The second-order valence-electron chi connectivity index (χ2n) is 4.94. The summed E-state index contributed by atoms with van der Waals surface area (Å²) in [4.78, 5) is 18.1. The summed E-state index contributed by atoms with van der Waals surface area (Å²) < 4.78 is 0. The standard InChI is InChI=1S/C14H19N5O/c1-2-12(16)14(20)18-11-5-7-19(9-11)13-10(8-15)4-3-6-17-13/h3-4,6,11-12H,2,5,7,9,16H2,1H3,(H,18,20). The van der Waals surface area contributed by atoms with Crippen molar-refractivity contribution in [3.8, 4) is 6.07 Å². The Morgan fingerprint density at radius 3 is 3.25 bits per heavy atom. The number of carbonyl (C=O) groups is 1. The maximum absolute atomic E-state index is 11.8. The van der Waals surface area contributed by atoms with E-state index in [4.69, 9.17) is 11.0 Å². The number of nitriles is 1. The van der Waals surface area contributed by atoms with E-state index in [2.05, 4.69) is 16.4 Å². The van der Waals surface area contributed by atoms with Gasteiger partial charge >= 0.3 is 0 Å². The zero-order valence-electron chi connectivity index (χ0n) is 11.5. The highest BCUT2D eigenvalue weighted by molar-refractivity contribution is 5.81. The zero-order chi connectivity index (χ0) is 14.5. The third-order valence-electron chi connectivity index (χ3n) is 3.52. The number of nitrogens with two attached hydrogens (primary N) is 1. The molecule has 0 aromatic carbocycles. The van der Waals surface area contributed by atoms with E-state index in [9.17, 15) is 4.79 Å². The number of pyridine rings is 1. The van der Waals surface area contributed by atoms with Gasteiger partial charge in [0.05, 0.1) is 11.6 Å². The predicted octanol–water partition coefficient (Wildman–Crippen LogP) is 0.385. The first-order chi connectivity index (χ1) is 9.65. The second kappa shape index (κ2) is 6.35. The van der Waals surface area contributed by atoms with E-state index in [1.807, 2.05) is 11.8 Å². The first kappa shape index (κ1) is 14.3. The van der Waals surface area contributed by atoms with Crippen LogP contribution in [0.5, 0.6) is 0 Å². The molecular formula is C14H19N5O. The highest BCUT2D eigenvalue weighted by Crippen LogP contribution is 2.21. The largest absolute Gasteiger partial charge is 0.353 e. The molecule has 2 heterocycles. The van der Waals surface area contributed by atoms with Crippen LogP contribution in [0.2, 0.25) is 0 Å². The molecule has 0 radical (unpaired) electrons. The van der Waals surface area contributed by atoms with Gasteiger partial charge in [-0.15, -0.1) is 0 Å². The molecule has 1 aromatic rings. The predicted molar refractivity (Wildman–Crippen MR) is 76.0 cm³/mol. The molecule has 1 aliphatic rings. The Kier molecular flexibility index (Phi) is 4.53. The van der Waals surface area contributed by atoms with Crippen LogP contribution in [0.1, 0.15) is 25.3 Å². The number of nitrogens with one attached hydrogen (secondary N) is 1. The summed E-state index contributed by atoms with van der Waals surface area (Å²) in [6.45, 7) is 3.32. The van der Waals surface area contributed by atoms with Gasteiger partial charge in [-0.05, 0) is 25.0 Å². The highest BCUT2D eigenvalue weighted by atomic mass is 16.2. The Labute approximate surface area is 118 Å². The molecule has 1 aliphatic heterocycles. The fourth-order valence-electron chi connectivity index (χ4n) is 2.30. The molecule has 1 fully saturated rings. The average molecular weight is 273 g/mol. The Morgan fingerprint density at radius 1 is 1.75 bits per heavy atom. The lowest BCUT2D eigenvalue weighted by atomic mass is 10.2. The minimum atomic E-state index is -0.450. The van der Waals surface area contributed by atoms with Crippen molar-refractivity contribution >= 4 is 11.7 Å². The fourth-order valence-corrected chi connectivity index (χ4v) is 2.30. The van der Waals surface area contributed by atoms with E-state index in [0.29, 0.717) is 24.3 Å². The van der Waals surface area contributed by atoms with Crippen LogP contribution >= 0.6 is 0 Å². The first-order valence-electron chi connectivity index (χ1n) is 6.81. The van der Waals surface area contributed by atoms with Crippen LogP contribution in [-0.4, -0.2) is 36.1 Å². The van der Waals surface area contributed by atoms with Crippen molar-refractivity contribution in [2.75, 3.05) is 18.0 Å². The van der Waals surface area contributed by atoms with E-state index >= 15 is 0 Å². The summed E-state index contributed by atoms with van der Waals surface area (Å²) in [7, 11) is 0. The van der Waals surface area contributed by atoms with Crippen LogP contribution < -0.4 is 16.0 Å². The van der Waals surface area contributed by atoms with Crippen LogP contribution in [0.4, 0.5) is 5.82 Å². The molecule has 6 nitrogen and oxygen atoms in total. The summed E-state index contributed by atoms with van der Waals surface area (Å²) in [6, 6.07) is 5.26. The van der Waals surface area contributed by atoms with Gasteiger partial charge in [0.25, 0.3) is 0 Å². The van der Waals surface area contributed by atoms with Crippen molar-refractivity contribution in [3.05, 3.63) is 23.9 Å². The number of anilines is 1. The van der Waals surface area contributed by atoms with Gasteiger partial charge in [0.2, 0.25) is 5.91 Å².